The van der Waals surface area contributed by atoms with Crippen molar-refractivity contribution in [2.45, 2.75) is 13.3 Å². The Labute approximate surface area is 119 Å². The van der Waals surface area contributed by atoms with Crippen molar-refractivity contribution < 1.29 is 0 Å². The number of nitrogens with two attached hydrogens (primary N) is 1. The Morgan fingerprint density at radius 1 is 1.32 bits per heavy atom. The lowest BCUT2D eigenvalue weighted by Crippen LogP contribution is -2.47. The Kier molecular flexibility index (Phi) is 4.66. The summed E-state index contributed by atoms with van der Waals surface area (Å²) in [4.78, 5) is 4.76. The molecule has 1 aromatic rings. The van der Waals surface area contributed by atoms with E-state index in [0.29, 0.717) is 5.02 Å². The molecule has 4 nitrogen and oxygen atoms in total. The minimum absolute atomic E-state index is 0.0773. The number of amidine groups is 1. The molecule has 0 saturated carbocycles. The average Bonchev–Trinajstić information content (AvgIpc) is 2.40. The first-order chi connectivity index (χ1) is 9.11. The second-order valence-corrected chi connectivity index (χ2v) is 5.34. The molecule has 0 aliphatic carbocycles. The number of nitrogens with one attached hydrogen (secondary N) is 1. The van der Waals surface area contributed by atoms with Gasteiger partial charge in [-0.3, -0.25) is 10.3 Å². The van der Waals surface area contributed by atoms with E-state index in [1.54, 1.807) is 6.07 Å². The van der Waals surface area contributed by atoms with Gasteiger partial charge in [0, 0.05) is 42.5 Å². The van der Waals surface area contributed by atoms with Crippen molar-refractivity contribution in [1.29, 1.82) is 5.41 Å². The van der Waals surface area contributed by atoms with Crippen molar-refractivity contribution in [2.24, 2.45) is 5.73 Å². The van der Waals surface area contributed by atoms with Crippen LogP contribution in [0, 0.1) is 5.41 Å². The fourth-order valence-corrected chi connectivity index (χ4v) is 2.70. The van der Waals surface area contributed by atoms with Gasteiger partial charge in [0.05, 0.1) is 0 Å². The number of piperazine rings is 1. The molecule has 0 aromatic heterocycles. The molecule has 0 unspecified atom stereocenters. The number of hydrogen-bond acceptors (Lipinski definition) is 3. The van der Waals surface area contributed by atoms with Crippen molar-refractivity contribution >= 4 is 23.1 Å². The summed E-state index contributed by atoms with van der Waals surface area (Å²) in [7, 11) is 0. The van der Waals surface area contributed by atoms with Crippen molar-refractivity contribution in [3.63, 3.8) is 0 Å². The van der Waals surface area contributed by atoms with Gasteiger partial charge in [-0.25, -0.2) is 0 Å². The molecule has 2 rings (SSSR count). The Morgan fingerprint density at radius 2 is 2.00 bits per heavy atom. The third-order valence-electron chi connectivity index (χ3n) is 3.50. The van der Waals surface area contributed by atoms with Gasteiger partial charge in [-0.2, -0.15) is 0 Å². The third-order valence-corrected chi connectivity index (χ3v) is 3.74. The highest BCUT2D eigenvalue weighted by Crippen LogP contribution is 2.25. The molecule has 3 N–H and O–H groups in total. The first-order valence-electron chi connectivity index (χ1n) is 6.73. The molecule has 0 amide bonds. The lowest BCUT2D eigenvalue weighted by molar-refractivity contribution is 0.258. The summed E-state index contributed by atoms with van der Waals surface area (Å²) in [5, 5.41) is 8.30. The number of rotatable bonds is 4. The number of nitrogen functional groups attached to an aromatic ring is 1. The van der Waals surface area contributed by atoms with Crippen LogP contribution in [0.3, 0.4) is 0 Å². The van der Waals surface area contributed by atoms with E-state index in [4.69, 9.17) is 22.7 Å². The molecule has 19 heavy (non-hydrogen) atoms. The van der Waals surface area contributed by atoms with E-state index in [1.165, 1.54) is 6.42 Å². The van der Waals surface area contributed by atoms with E-state index in [0.717, 1.165) is 44.0 Å². The standard InChI is InChI=1S/C14H21ClN4/c1-2-5-18-6-8-19(9-7-18)13-4-3-11(15)10-12(13)14(16)17/h3-4,10H,2,5-9H2,1H3,(H3,16,17). The number of benzene rings is 1. The van der Waals surface area contributed by atoms with Gasteiger partial charge in [-0.15, -0.1) is 0 Å². The van der Waals surface area contributed by atoms with E-state index >= 15 is 0 Å². The van der Waals surface area contributed by atoms with Crippen LogP contribution in [-0.4, -0.2) is 43.5 Å². The zero-order valence-corrected chi connectivity index (χ0v) is 12.1. The Hall–Kier alpha value is -1.26. The highest BCUT2D eigenvalue weighted by molar-refractivity contribution is 6.31. The second-order valence-electron chi connectivity index (χ2n) is 4.90. The number of nitrogens with zero attached hydrogens (tertiary/aromatic N) is 2. The van der Waals surface area contributed by atoms with Crippen molar-refractivity contribution in [1.82, 2.24) is 4.90 Å². The van der Waals surface area contributed by atoms with Crippen LogP contribution in [0.15, 0.2) is 18.2 Å². The monoisotopic (exact) mass is 280 g/mol. The van der Waals surface area contributed by atoms with Crippen LogP contribution in [-0.2, 0) is 0 Å². The molecular weight excluding hydrogens is 260 g/mol. The molecule has 1 aromatic carbocycles. The van der Waals surface area contributed by atoms with Crippen LogP contribution < -0.4 is 10.6 Å². The predicted molar refractivity (Wildman–Crippen MR) is 81.4 cm³/mol. The normalized spacial score (nSPS) is 16.6. The maximum atomic E-state index is 7.68. The molecule has 104 valence electrons. The molecule has 0 atom stereocenters. The van der Waals surface area contributed by atoms with E-state index in [2.05, 4.69) is 16.7 Å². The van der Waals surface area contributed by atoms with E-state index in [-0.39, 0.29) is 5.84 Å². The van der Waals surface area contributed by atoms with Crippen molar-refractivity contribution in [3.05, 3.63) is 28.8 Å². The topological polar surface area (TPSA) is 56.4 Å². The lowest BCUT2D eigenvalue weighted by atomic mass is 10.1. The highest BCUT2D eigenvalue weighted by Gasteiger charge is 2.19. The van der Waals surface area contributed by atoms with Crippen LogP contribution in [0.5, 0.6) is 0 Å². The zero-order chi connectivity index (χ0) is 13.8. The second kappa shape index (κ2) is 6.26. The third kappa shape index (κ3) is 3.39. The average molecular weight is 281 g/mol. The van der Waals surface area contributed by atoms with Crippen LogP contribution >= 0.6 is 11.6 Å². The molecule has 1 heterocycles. The van der Waals surface area contributed by atoms with Gasteiger partial charge in [0.2, 0.25) is 0 Å². The van der Waals surface area contributed by atoms with Gasteiger partial charge in [0.15, 0.2) is 0 Å². The minimum Gasteiger partial charge on any atom is -0.384 e. The summed E-state index contributed by atoms with van der Waals surface area (Å²) in [6.45, 7) is 7.44. The van der Waals surface area contributed by atoms with Gasteiger partial charge >= 0.3 is 0 Å². The largest absolute Gasteiger partial charge is 0.384 e. The smallest absolute Gasteiger partial charge is 0.124 e. The van der Waals surface area contributed by atoms with Gasteiger partial charge in [-0.1, -0.05) is 18.5 Å². The first-order valence-corrected chi connectivity index (χ1v) is 7.11. The van der Waals surface area contributed by atoms with Gasteiger partial charge < -0.3 is 10.6 Å². The van der Waals surface area contributed by atoms with Crippen LogP contribution in [0.2, 0.25) is 5.02 Å². The molecule has 0 spiro atoms. The summed E-state index contributed by atoms with van der Waals surface area (Å²) in [5.74, 6) is 0.0773. The minimum atomic E-state index is 0.0773. The number of anilines is 1. The first kappa shape index (κ1) is 14.2. The fraction of sp³-hybridized carbons (Fsp3) is 0.500. The number of hydrogen-bond donors (Lipinski definition) is 2. The Balaban J connectivity index is 2.13. The fourth-order valence-electron chi connectivity index (χ4n) is 2.53. The van der Waals surface area contributed by atoms with Crippen molar-refractivity contribution in [3.8, 4) is 0 Å². The molecule has 5 heteroatoms. The number of halogens is 1. The maximum Gasteiger partial charge on any atom is 0.124 e. The summed E-state index contributed by atoms with van der Waals surface area (Å²) in [6, 6.07) is 5.61. The predicted octanol–water partition coefficient (Wildman–Crippen LogP) is 2.16. The van der Waals surface area contributed by atoms with E-state index < -0.39 is 0 Å². The summed E-state index contributed by atoms with van der Waals surface area (Å²) >= 11 is 5.99. The van der Waals surface area contributed by atoms with Crippen LogP contribution in [0.25, 0.3) is 0 Å². The molecule has 1 aliphatic rings. The van der Waals surface area contributed by atoms with Gasteiger partial charge in [0.25, 0.3) is 0 Å². The molecule has 1 fully saturated rings. The highest BCUT2D eigenvalue weighted by atomic mass is 35.5. The molecule has 0 bridgehead atoms. The molecule has 1 saturated heterocycles. The molecular formula is C14H21ClN4. The summed E-state index contributed by atoms with van der Waals surface area (Å²) in [6.07, 6.45) is 1.19. The maximum absolute atomic E-state index is 7.68. The Bertz CT molecular complexity index is 453. The summed E-state index contributed by atoms with van der Waals surface area (Å²) in [5.41, 5.74) is 7.41. The summed E-state index contributed by atoms with van der Waals surface area (Å²) < 4.78 is 0. The SMILES string of the molecule is CCCN1CCN(c2ccc(Cl)cc2C(=N)N)CC1. The van der Waals surface area contributed by atoms with E-state index in [9.17, 15) is 0 Å². The molecule has 1 aliphatic heterocycles. The van der Waals surface area contributed by atoms with Gasteiger partial charge in [-0.05, 0) is 31.2 Å². The van der Waals surface area contributed by atoms with E-state index in [1.807, 2.05) is 12.1 Å². The van der Waals surface area contributed by atoms with Crippen LogP contribution in [0.1, 0.15) is 18.9 Å². The van der Waals surface area contributed by atoms with Crippen molar-refractivity contribution in [2.75, 3.05) is 37.6 Å². The zero-order valence-electron chi connectivity index (χ0n) is 11.3. The lowest BCUT2D eigenvalue weighted by Gasteiger charge is -2.36. The molecule has 0 radical (unpaired) electrons. The Morgan fingerprint density at radius 3 is 2.58 bits per heavy atom. The van der Waals surface area contributed by atoms with Crippen LogP contribution in [0.4, 0.5) is 5.69 Å². The van der Waals surface area contributed by atoms with Gasteiger partial charge in [0.1, 0.15) is 5.84 Å². The quantitative estimate of drug-likeness (QED) is 0.656.